The van der Waals surface area contributed by atoms with Crippen LogP contribution in [0, 0.1) is 5.92 Å². The molecule has 1 aromatic carbocycles. The first kappa shape index (κ1) is 19.0. The Kier molecular flexibility index (Phi) is 5.76. The molecule has 0 saturated heterocycles. The molecular weight excluding hydrogens is 422 g/mol. The van der Waals surface area contributed by atoms with Gasteiger partial charge in [-0.1, -0.05) is 6.07 Å². The summed E-state index contributed by atoms with van der Waals surface area (Å²) in [4.78, 5) is 8.75. The van der Waals surface area contributed by atoms with Crippen LogP contribution in [0.4, 0.5) is 17.5 Å². The van der Waals surface area contributed by atoms with Crippen molar-refractivity contribution in [3.8, 4) is 0 Å². The number of sulfonamides is 1. The van der Waals surface area contributed by atoms with Gasteiger partial charge in [0.1, 0.15) is 5.82 Å². The van der Waals surface area contributed by atoms with E-state index in [-0.39, 0.29) is 17.4 Å². The number of aliphatic hydroxyl groups excluding tert-OH is 1. The summed E-state index contributed by atoms with van der Waals surface area (Å²) in [6.07, 6.45) is 1.54. The van der Waals surface area contributed by atoms with Gasteiger partial charge >= 0.3 is 0 Å². The van der Waals surface area contributed by atoms with E-state index in [0.29, 0.717) is 30.4 Å². The standard InChI is InChI=1S/C16H20BrN5O3S/c1-10(23)11-5-6-18-15-14(17)9-19-16(22-15)21-12-3-2-4-13(7-12)26(24,25)20-8-11/h2-4,7,9-11,20,23H,5-6,8H2,1H3,(H2,18,19,21,22). The lowest BCUT2D eigenvalue weighted by atomic mass is 10.0. The molecule has 0 saturated carbocycles. The predicted octanol–water partition coefficient (Wildman–Crippen LogP) is 2.07. The summed E-state index contributed by atoms with van der Waals surface area (Å²) in [5.74, 6) is 0.740. The van der Waals surface area contributed by atoms with Crippen molar-refractivity contribution in [2.75, 3.05) is 23.7 Å². The Labute approximate surface area is 160 Å². The number of aliphatic hydroxyl groups is 1. The van der Waals surface area contributed by atoms with Crippen molar-refractivity contribution in [1.82, 2.24) is 14.7 Å². The molecule has 2 aromatic rings. The quantitative estimate of drug-likeness (QED) is 0.534. The fourth-order valence-corrected chi connectivity index (χ4v) is 4.08. The first-order valence-electron chi connectivity index (χ1n) is 8.16. The number of rotatable bonds is 1. The number of benzene rings is 1. The zero-order valence-corrected chi connectivity index (χ0v) is 16.5. The van der Waals surface area contributed by atoms with E-state index in [4.69, 9.17) is 0 Å². The minimum Gasteiger partial charge on any atom is -0.393 e. The van der Waals surface area contributed by atoms with Gasteiger partial charge in [-0.2, -0.15) is 4.98 Å². The molecule has 0 aliphatic carbocycles. The van der Waals surface area contributed by atoms with Crippen molar-refractivity contribution in [3.05, 3.63) is 34.9 Å². The van der Waals surface area contributed by atoms with Crippen LogP contribution in [-0.4, -0.2) is 42.7 Å². The molecule has 10 heteroatoms. The maximum atomic E-state index is 12.6. The van der Waals surface area contributed by atoms with Crippen molar-refractivity contribution in [3.63, 3.8) is 0 Å². The molecule has 4 bridgehead atoms. The number of hydrogen-bond donors (Lipinski definition) is 4. The lowest BCUT2D eigenvalue weighted by molar-refractivity contribution is 0.124. The molecule has 0 spiro atoms. The van der Waals surface area contributed by atoms with Gasteiger partial charge < -0.3 is 15.7 Å². The molecule has 26 heavy (non-hydrogen) atoms. The zero-order valence-electron chi connectivity index (χ0n) is 14.1. The summed E-state index contributed by atoms with van der Waals surface area (Å²) in [6, 6.07) is 6.42. The van der Waals surface area contributed by atoms with Crippen molar-refractivity contribution >= 4 is 43.4 Å². The largest absolute Gasteiger partial charge is 0.393 e. The van der Waals surface area contributed by atoms with Gasteiger partial charge in [-0.3, -0.25) is 0 Å². The Morgan fingerprint density at radius 1 is 1.38 bits per heavy atom. The number of nitrogens with zero attached hydrogens (tertiary/aromatic N) is 2. The Bertz CT molecular complexity index is 891. The van der Waals surface area contributed by atoms with Crippen molar-refractivity contribution < 1.29 is 13.5 Å². The van der Waals surface area contributed by atoms with Crippen LogP contribution in [0.2, 0.25) is 0 Å². The van der Waals surface area contributed by atoms with E-state index in [0.717, 1.165) is 4.47 Å². The minimum atomic E-state index is -3.68. The summed E-state index contributed by atoms with van der Waals surface area (Å²) in [5.41, 5.74) is 0.560. The molecular formula is C16H20BrN5O3S. The first-order valence-corrected chi connectivity index (χ1v) is 10.4. The van der Waals surface area contributed by atoms with Crippen LogP contribution < -0.4 is 15.4 Å². The molecule has 0 radical (unpaired) electrons. The van der Waals surface area contributed by atoms with Crippen LogP contribution in [0.25, 0.3) is 0 Å². The highest BCUT2D eigenvalue weighted by molar-refractivity contribution is 9.10. The minimum absolute atomic E-state index is 0.138. The number of aromatic nitrogens is 2. The van der Waals surface area contributed by atoms with Gasteiger partial charge in [-0.25, -0.2) is 18.1 Å². The molecule has 1 aliphatic rings. The Hall–Kier alpha value is -1.75. The average Bonchev–Trinajstić information content (AvgIpc) is 2.59. The van der Waals surface area contributed by atoms with Gasteiger partial charge in [-0.15, -0.1) is 0 Å². The fourth-order valence-electron chi connectivity index (χ4n) is 2.61. The van der Waals surface area contributed by atoms with E-state index in [2.05, 4.69) is 41.3 Å². The van der Waals surface area contributed by atoms with E-state index in [1.807, 2.05) is 0 Å². The van der Waals surface area contributed by atoms with Gasteiger partial charge in [0, 0.05) is 25.0 Å². The zero-order chi connectivity index (χ0) is 18.7. The number of hydrogen-bond acceptors (Lipinski definition) is 7. The summed E-state index contributed by atoms with van der Waals surface area (Å²) >= 11 is 3.41. The van der Waals surface area contributed by atoms with Crippen molar-refractivity contribution in [2.45, 2.75) is 24.3 Å². The maximum Gasteiger partial charge on any atom is 0.240 e. The highest BCUT2D eigenvalue weighted by Gasteiger charge is 2.21. The highest BCUT2D eigenvalue weighted by atomic mass is 79.9. The molecule has 2 heterocycles. The lowest BCUT2D eigenvalue weighted by Gasteiger charge is -2.21. The van der Waals surface area contributed by atoms with Crippen LogP contribution in [0.15, 0.2) is 39.8 Å². The first-order chi connectivity index (χ1) is 12.3. The van der Waals surface area contributed by atoms with E-state index in [1.54, 1.807) is 25.3 Å². The van der Waals surface area contributed by atoms with Gasteiger partial charge in [-0.05, 0) is 53.4 Å². The molecule has 2 atom stereocenters. The number of halogens is 1. The normalized spacial score (nSPS) is 21.0. The molecule has 0 fully saturated rings. The third kappa shape index (κ3) is 4.50. The van der Waals surface area contributed by atoms with E-state index in [9.17, 15) is 13.5 Å². The molecule has 0 amide bonds. The summed E-state index contributed by atoms with van der Waals surface area (Å²) in [5, 5.41) is 16.2. The second-order valence-electron chi connectivity index (χ2n) is 6.11. The molecule has 8 nitrogen and oxygen atoms in total. The van der Waals surface area contributed by atoms with Crippen LogP contribution in [-0.2, 0) is 10.0 Å². The van der Waals surface area contributed by atoms with Crippen LogP contribution in [0.3, 0.4) is 0 Å². The lowest BCUT2D eigenvalue weighted by Crippen LogP contribution is -2.35. The Balaban J connectivity index is 2.00. The van der Waals surface area contributed by atoms with Crippen LogP contribution in [0.5, 0.6) is 0 Å². The summed E-state index contributed by atoms with van der Waals surface area (Å²) in [7, 11) is -3.68. The summed E-state index contributed by atoms with van der Waals surface area (Å²) < 4.78 is 28.4. The van der Waals surface area contributed by atoms with Crippen LogP contribution >= 0.6 is 15.9 Å². The second kappa shape index (κ2) is 7.87. The number of anilines is 3. The van der Waals surface area contributed by atoms with Gasteiger partial charge in [0.2, 0.25) is 16.0 Å². The maximum absolute atomic E-state index is 12.6. The topological polar surface area (TPSA) is 116 Å². The third-order valence-electron chi connectivity index (χ3n) is 4.17. The van der Waals surface area contributed by atoms with E-state index in [1.165, 1.54) is 12.1 Å². The van der Waals surface area contributed by atoms with Gasteiger partial charge in [0.05, 0.1) is 15.5 Å². The number of nitrogens with one attached hydrogen (secondary N) is 3. The molecule has 3 rings (SSSR count). The molecule has 1 aromatic heterocycles. The SMILES string of the molecule is CC(O)C1CCNc2nc(ncc2Br)Nc2cccc(c2)S(=O)(=O)NC1. The van der Waals surface area contributed by atoms with E-state index < -0.39 is 16.1 Å². The second-order valence-corrected chi connectivity index (χ2v) is 8.73. The predicted molar refractivity (Wildman–Crippen MR) is 103 cm³/mol. The fraction of sp³-hybridized carbons (Fsp3) is 0.375. The Morgan fingerprint density at radius 3 is 2.96 bits per heavy atom. The highest BCUT2D eigenvalue weighted by Crippen LogP contribution is 2.24. The van der Waals surface area contributed by atoms with Crippen LogP contribution in [0.1, 0.15) is 13.3 Å². The smallest absolute Gasteiger partial charge is 0.240 e. The molecule has 140 valence electrons. The summed E-state index contributed by atoms with van der Waals surface area (Å²) in [6.45, 7) is 2.33. The third-order valence-corrected chi connectivity index (χ3v) is 6.17. The average molecular weight is 442 g/mol. The molecule has 4 N–H and O–H groups in total. The van der Waals surface area contributed by atoms with Crippen molar-refractivity contribution in [1.29, 1.82) is 0 Å². The number of fused-ring (bicyclic) bond motifs is 4. The van der Waals surface area contributed by atoms with Gasteiger partial charge in [0.15, 0.2) is 0 Å². The molecule has 1 aliphatic heterocycles. The Morgan fingerprint density at radius 2 is 2.19 bits per heavy atom. The van der Waals surface area contributed by atoms with Crippen molar-refractivity contribution in [2.24, 2.45) is 5.92 Å². The van der Waals surface area contributed by atoms with E-state index >= 15 is 0 Å². The molecule has 2 unspecified atom stereocenters. The monoisotopic (exact) mass is 441 g/mol. The van der Waals surface area contributed by atoms with Gasteiger partial charge in [0.25, 0.3) is 0 Å².